The number of carboxylic acids is 1. The van der Waals surface area contributed by atoms with Crippen molar-refractivity contribution in [1.82, 2.24) is 9.38 Å². The summed E-state index contributed by atoms with van der Waals surface area (Å²) in [6.07, 6.45) is 3.15. The van der Waals surface area contributed by atoms with Crippen LogP contribution in [0.25, 0.3) is 5.65 Å². The molecule has 0 bridgehead atoms. The van der Waals surface area contributed by atoms with Gasteiger partial charge in [0, 0.05) is 6.20 Å². The van der Waals surface area contributed by atoms with E-state index >= 15 is 0 Å². The van der Waals surface area contributed by atoms with Gasteiger partial charge in [0.25, 0.3) is 0 Å². The Hall–Kier alpha value is -1.36. The first-order valence-electron chi connectivity index (χ1n) is 3.54. The van der Waals surface area contributed by atoms with Crippen LogP contribution in [-0.2, 0) is 0 Å². The van der Waals surface area contributed by atoms with Crippen LogP contribution in [0.4, 0.5) is 0 Å². The van der Waals surface area contributed by atoms with Crippen molar-refractivity contribution >= 4 is 27.5 Å². The number of aromatic carboxylic acids is 1. The van der Waals surface area contributed by atoms with Gasteiger partial charge in [0.2, 0.25) is 0 Å². The van der Waals surface area contributed by atoms with Crippen LogP contribution in [0.5, 0.6) is 0 Å². The molecule has 0 amide bonds. The van der Waals surface area contributed by atoms with Gasteiger partial charge in [-0.1, -0.05) is 0 Å². The second-order valence-corrected chi connectivity index (χ2v) is 3.34. The van der Waals surface area contributed by atoms with E-state index in [4.69, 9.17) is 5.11 Å². The van der Waals surface area contributed by atoms with Gasteiger partial charge in [0.05, 0.1) is 11.8 Å². The topological polar surface area (TPSA) is 54.6 Å². The van der Waals surface area contributed by atoms with E-state index in [-0.39, 0.29) is 5.56 Å². The molecule has 0 unspecified atom stereocenters. The lowest BCUT2D eigenvalue weighted by atomic mass is 10.3. The van der Waals surface area contributed by atoms with Crippen LogP contribution >= 0.6 is 15.9 Å². The summed E-state index contributed by atoms with van der Waals surface area (Å²) >= 11 is 3.26. The fourth-order valence-electron chi connectivity index (χ4n) is 1.08. The predicted octanol–water partition coefficient (Wildman–Crippen LogP) is 1.79. The van der Waals surface area contributed by atoms with Gasteiger partial charge in [-0.05, 0) is 28.1 Å². The Balaban J connectivity index is 2.72. The second kappa shape index (κ2) is 2.85. The first-order valence-corrected chi connectivity index (χ1v) is 4.33. The predicted molar refractivity (Wildman–Crippen MR) is 49.9 cm³/mol. The van der Waals surface area contributed by atoms with E-state index in [0.717, 1.165) is 10.3 Å². The van der Waals surface area contributed by atoms with Crippen molar-refractivity contribution in [2.75, 3.05) is 0 Å². The lowest BCUT2D eigenvalue weighted by molar-refractivity contribution is 0.0696. The molecule has 66 valence electrons. The maximum Gasteiger partial charge on any atom is 0.337 e. The van der Waals surface area contributed by atoms with Crippen LogP contribution in [0.1, 0.15) is 10.4 Å². The van der Waals surface area contributed by atoms with Crippen molar-refractivity contribution in [3.8, 4) is 0 Å². The summed E-state index contributed by atoms with van der Waals surface area (Å²) < 4.78 is 2.41. The van der Waals surface area contributed by atoms with Gasteiger partial charge in [-0.2, -0.15) is 0 Å². The lowest BCUT2D eigenvalue weighted by Crippen LogP contribution is -1.98. The highest BCUT2D eigenvalue weighted by molar-refractivity contribution is 9.10. The molecule has 0 aliphatic rings. The molecule has 2 heterocycles. The van der Waals surface area contributed by atoms with Crippen LogP contribution < -0.4 is 0 Å². The zero-order chi connectivity index (χ0) is 9.42. The van der Waals surface area contributed by atoms with Gasteiger partial charge >= 0.3 is 5.97 Å². The number of aromatic nitrogens is 2. The lowest BCUT2D eigenvalue weighted by Gasteiger charge is -1.97. The maximum atomic E-state index is 10.6. The molecule has 0 aliphatic carbocycles. The van der Waals surface area contributed by atoms with Crippen molar-refractivity contribution in [1.29, 1.82) is 0 Å². The van der Waals surface area contributed by atoms with E-state index in [0.29, 0.717) is 0 Å². The smallest absolute Gasteiger partial charge is 0.337 e. The molecule has 0 saturated carbocycles. The Morgan fingerprint density at radius 3 is 3.00 bits per heavy atom. The SMILES string of the molecule is O=C(O)c1ccc2ncc(Br)n2c1. The summed E-state index contributed by atoms with van der Waals surface area (Å²) in [5, 5.41) is 8.72. The number of hydrogen-bond donors (Lipinski definition) is 1. The fourth-order valence-corrected chi connectivity index (χ4v) is 1.46. The highest BCUT2D eigenvalue weighted by atomic mass is 79.9. The molecule has 2 aromatic rings. The number of hydrogen-bond acceptors (Lipinski definition) is 2. The number of imidazole rings is 1. The first kappa shape index (κ1) is 8.25. The van der Waals surface area contributed by atoms with Gasteiger partial charge in [0.1, 0.15) is 10.3 Å². The van der Waals surface area contributed by atoms with Gasteiger partial charge in [-0.15, -0.1) is 0 Å². The highest BCUT2D eigenvalue weighted by Gasteiger charge is 2.05. The van der Waals surface area contributed by atoms with Gasteiger partial charge in [-0.3, -0.25) is 4.40 Å². The normalized spacial score (nSPS) is 10.5. The zero-order valence-electron chi connectivity index (χ0n) is 6.44. The molecule has 13 heavy (non-hydrogen) atoms. The Labute approximate surface area is 82.0 Å². The quantitative estimate of drug-likeness (QED) is 0.828. The second-order valence-electron chi connectivity index (χ2n) is 2.53. The molecule has 0 fully saturated rings. The molecule has 1 N–H and O–H groups in total. The number of halogens is 1. The number of nitrogens with zero attached hydrogens (tertiary/aromatic N) is 2. The van der Waals surface area contributed by atoms with Gasteiger partial charge in [0.15, 0.2) is 0 Å². The van der Waals surface area contributed by atoms with Crippen LogP contribution in [0.3, 0.4) is 0 Å². The van der Waals surface area contributed by atoms with E-state index in [1.54, 1.807) is 16.7 Å². The summed E-state index contributed by atoms with van der Waals surface area (Å²) in [4.78, 5) is 14.7. The summed E-state index contributed by atoms with van der Waals surface area (Å²) in [6.45, 7) is 0. The number of fused-ring (bicyclic) bond motifs is 1. The summed E-state index contributed by atoms with van der Waals surface area (Å²) in [5.41, 5.74) is 0.961. The summed E-state index contributed by atoms with van der Waals surface area (Å²) in [7, 11) is 0. The van der Waals surface area contributed by atoms with E-state index in [9.17, 15) is 4.79 Å². The van der Waals surface area contributed by atoms with Crippen LogP contribution in [0, 0.1) is 0 Å². The van der Waals surface area contributed by atoms with Crippen LogP contribution in [0.2, 0.25) is 0 Å². The van der Waals surface area contributed by atoms with Crippen molar-refractivity contribution in [3.63, 3.8) is 0 Å². The van der Waals surface area contributed by atoms with Crippen molar-refractivity contribution in [3.05, 3.63) is 34.7 Å². The minimum absolute atomic E-state index is 0.242. The number of pyridine rings is 1. The van der Waals surface area contributed by atoms with Crippen LogP contribution in [0.15, 0.2) is 29.1 Å². The number of carboxylic acid groups (broad SMARTS) is 1. The van der Waals surface area contributed by atoms with E-state index < -0.39 is 5.97 Å². The maximum absolute atomic E-state index is 10.6. The van der Waals surface area contributed by atoms with Crippen molar-refractivity contribution < 1.29 is 9.90 Å². The third-order valence-electron chi connectivity index (χ3n) is 1.71. The molecule has 2 aromatic heterocycles. The van der Waals surface area contributed by atoms with Crippen LogP contribution in [-0.4, -0.2) is 20.5 Å². The number of carbonyl (C=O) groups is 1. The zero-order valence-corrected chi connectivity index (χ0v) is 8.02. The van der Waals surface area contributed by atoms with Crippen molar-refractivity contribution in [2.24, 2.45) is 0 Å². The molecule has 2 rings (SSSR count). The first-order chi connectivity index (χ1) is 6.18. The van der Waals surface area contributed by atoms with Gasteiger partial charge in [-0.25, -0.2) is 9.78 Å². The fraction of sp³-hybridized carbons (Fsp3) is 0. The Morgan fingerprint density at radius 1 is 1.54 bits per heavy atom. The average Bonchev–Trinajstić information content (AvgIpc) is 2.47. The van der Waals surface area contributed by atoms with Crippen molar-refractivity contribution in [2.45, 2.75) is 0 Å². The minimum Gasteiger partial charge on any atom is -0.478 e. The Bertz CT molecular complexity index is 478. The highest BCUT2D eigenvalue weighted by Crippen LogP contribution is 2.13. The molecule has 0 aliphatic heterocycles. The largest absolute Gasteiger partial charge is 0.478 e. The van der Waals surface area contributed by atoms with Gasteiger partial charge < -0.3 is 5.11 Å². The molecular formula is C8H5BrN2O2. The average molecular weight is 241 g/mol. The van der Waals surface area contributed by atoms with E-state index in [2.05, 4.69) is 20.9 Å². The Morgan fingerprint density at radius 2 is 2.31 bits per heavy atom. The number of rotatable bonds is 1. The molecule has 0 radical (unpaired) electrons. The summed E-state index contributed by atoms with van der Waals surface area (Å²) in [6, 6.07) is 3.19. The van der Waals surface area contributed by atoms with E-state index in [1.807, 2.05) is 0 Å². The molecule has 5 heteroatoms. The Kier molecular flexibility index (Phi) is 1.81. The third-order valence-corrected chi connectivity index (χ3v) is 2.29. The molecule has 0 aromatic carbocycles. The monoisotopic (exact) mass is 240 g/mol. The minimum atomic E-state index is -0.942. The molecule has 0 spiro atoms. The molecule has 4 nitrogen and oxygen atoms in total. The molecule has 0 atom stereocenters. The standard InChI is InChI=1S/C8H5BrN2O2/c9-6-3-10-7-2-1-5(8(12)13)4-11(6)7/h1-4H,(H,12,13). The molecular weight excluding hydrogens is 236 g/mol. The third kappa shape index (κ3) is 1.31. The molecule has 0 saturated heterocycles. The van der Waals surface area contributed by atoms with E-state index in [1.165, 1.54) is 12.3 Å². The summed E-state index contributed by atoms with van der Waals surface area (Å²) in [5.74, 6) is -0.942.